The average Bonchev–Trinajstić information content (AvgIpc) is 2.89. The van der Waals surface area contributed by atoms with E-state index in [0.29, 0.717) is 5.22 Å². The molecule has 3 aromatic rings. The van der Waals surface area contributed by atoms with Crippen molar-refractivity contribution in [2.24, 2.45) is 0 Å². The minimum atomic E-state index is -0.121. The average molecular weight is 305 g/mol. The lowest BCUT2D eigenvalue weighted by molar-refractivity contribution is 1.03. The zero-order valence-electron chi connectivity index (χ0n) is 13.2. The van der Waals surface area contributed by atoms with Gasteiger partial charge in [-0.25, -0.2) is 0 Å². The van der Waals surface area contributed by atoms with E-state index in [2.05, 4.69) is 10.2 Å². The Bertz CT molecular complexity index is 948. The molecule has 23 heavy (non-hydrogen) atoms. The molecule has 0 amide bonds. The Morgan fingerprint density at radius 1 is 0.826 bits per heavy atom. The number of aromatic nitrogens is 2. The van der Waals surface area contributed by atoms with Gasteiger partial charge in [-0.05, 0) is 35.4 Å². The van der Waals surface area contributed by atoms with E-state index in [9.17, 15) is 4.79 Å². The van der Waals surface area contributed by atoms with Crippen LogP contribution in [0.5, 0.6) is 0 Å². The molecule has 0 aliphatic heterocycles. The summed E-state index contributed by atoms with van der Waals surface area (Å²) in [6, 6.07) is 18.0. The first kappa shape index (κ1) is 14.9. The van der Waals surface area contributed by atoms with Crippen LogP contribution in [0.2, 0.25) is 0 Å². The van der Waals surface area contributed by atoms with E-state index in [4.69, 9.17) is 0 Å². The molecular formula is C19H19N3O. The van der Waals surface area contributed by atoms with Crippen LogP contribution in [0.25, 0.3) is 12.2 Å². The SMILES string of the molecule is CN(C)c1ccc(C=c2c(=O)[nH][nH]c2=Cc2ccccc2)cc1. The van der Waals surface area contributed by atoms with Crippen LogP contribution in [0.1, 0.15) is 11.1 Å². The van der Waals surface area contributed by atoms with Crippen molar-refractivity contribution in [1.29, 1.82) is 0 Å². The smallest absolute Gasteiger partial charge is 0.271 e. The topological polar surface area (TPSA) is 51.9 Å². The van der Waals surface area contributed by atoms with Gasteiger partial charge in [0.1, 0.15) is 0 Å². The van der Waals surface area contributed by atoms with Gasteiger partial charge in [-0.15, -0.1) is 0 Å². The number of nitrogens with zero attached hydrogens (tertiary/aromatic N) is 1. The third kappa shape index (κ3) is 3.43. The molecule has 0 saturated carbocycles. The van der Waals surface area contributed by atoms with Gasteiger partial charge in [0.25, 0.3) is 5.56 Å². The Hall–Kier alpha value is -3.01. The Morgan fingerprint density at radius 2 is 1.48 bits per heavy atom. The van der Waals surface area contributed by atoms with Gasteiger partial charge in [0.15, 0.2) is 0 Å². The summed E-state index contributed by atoms with van der Waals surface area (Å²) >= 11 is 0. The lowest BCUT2D eigenvalue weighted by Gasteiger charge is -2.11. The number of H-pyrrole nitrogens is 2. The van der Waals surface area contributed by atoms with Gasteiger partial charge in [-0.1, -0.05) is 42.5 Å². The molecule has 0 saturated heterocycles. The van der Waals surface area contributed by atoms with Crippen molar-refractivity contribution in [1.82, 2.24) is 10.2 Å². The number of hydrogen-bond donors (Lipinski definition) is 2. The zero-order valence-corrected chi connectivity index (χ0v) is 13.2. The summed E-state index contributed by atoms with van der Waals surface area (Å²) in [7, 11) is 4.00. The van der Waals surface area contributed by atoms with Crippen molar-refractivity contribution in [2.45, 2.75) is 0 Å². The van der Waals surface area contributed by atoms with E-state index < -0.39 is 0 Å². The van der Waals surface area contributed by atoms with Crippen molar-refractivity contribution < 1.29 is 0 Å². The summed E-state index contributed by atoms with van der Waals surface area (Å²) in [6.45, 7) is 0. The van der Waals surface area contributed by atoms with Crippen LogP contribution in [0, 0.1) is 0 Å². The molecule has 1 heterocycles. The van der Waals surface area contributed by atoms with E-state index in [1.165, 1.54) is 0 Å². The maximum atomic E-state index is 12.1. The summed E-state index contributed by atoms with van der Waals surface area (Å²) in [6.07, 6.45) is 3.85. The first-order valence-corrected chi connectivity index (χ1v) is 7.46. The second-order valence-electron chi connectivity index (χ2n) is 5.59. The Balaban J connectivity index is 2.08. The Morgan fingerprint density at radius 3 is 2.13 bits per heavy atom. The zero-order chi connectivity index (χ0) is 16.2. The summed E-state index contributed by atoms with van der Waals surface area (Å²) in [5, 5.41) is 7.00. The normalized spacial score (nSPS) is 12.6. The fourth-order valence-corrected chi connectivity index (χ4v) is 2.39. The Kier molecular flexibility index (Phi) is 4.15. The van der Waals surface area contributed by atoms with Crippen LogP contribution in [-0.4, -0.2) is 24.3 Å². The number of hydrogen-bond acceptors (Lipinski definition) is 2. The van der Waals surface area contributed by atoms with Crippen LogP contribution < -0.4 is 21.0 Å². The van der Waals surface area contributed by atoms with Crippen LogP contribution in [0.3, 0.4) is 0 Å². The molecule has 116 valence electrons. The molecule has 2 aromatic carbocycles. The van der Waals surface area contributed by atoms with E-state index in [1.54, 1.807) is 0 Å². The lowest BCUT2D eigenvalue weighted by atomic mass is 10.1. The third-order valence-corrected chi connectivity index (χ3v) is 3.68. The van der Waals surface area contributed by atoms with E-state index in [-0.39, 0.29) is 5.56 Å². The summed E-state index contributed by atoms with van der Waals surface area (Å²) < 4.78 is 0. The highest BCUT2D eigenvalue weighted by Gasteiger charge is 1.98. The number of nitrogens with one attached hydrogen (secondary N) is 2. The van der Waals surface area contributed by atoms with Crippen molar-refractivity contribution >= 4 is 17.8 Å². The first-order chi connectivity index (χ1) is 11.1. The number of rotatable bonds is 3. The maximum Gasteiger partial charge on any atom is 0.271 e. The molecule has 0 spiro atoms. The molecule has 4 nitrogen and oxygen atoms in total. The number of anilines is 1. The van der Waals surface area contributed by atoms with Gasteiger partial charge in [0, 0.05) is 19.8 Å². The van der Waals surface area contributed by atoms with E-state index in [1.807, 2.05) is 85.7 Å². The highest BCUT2D eigenvalue weighted by atomic mass is 16.1. The highest BCUT2D eigenvalue weighted by molar-refractivity contribution is 5.56. The van der Waals surface area contributed by atoms with Crippen LogP contribution in [0.15, 0.2) is 59.4 Å². The molecule has 0 radical (unpaired) electrons. The minimum Gasteiger partial charge on any atom is -0.378 e. The second-order valence-corrected chi connectivity index (χ2v) is 5.59. The molecule has 0 atom stereocenters. The molecule has 0 aliphatic rings. The summed E-state index contributed by atoms with van der Waals surface area (Å²) in [5.41, 5.74) is 3.04. The van der Waals surface area contributed by atoms with E-state index >= 15 is 0 Å². The minimum absolute atomic E-state index is 0.121. The van der Waals surface area contributed by atoms with Gasteiger partial charge in [0.2, 0.25) is 0 Å². The molecule has 0 bridgehead atoms. The fourth-order valence-electron chi connectivity index (χ4n) is 2.39. The molecule has 0 unspecified atom stereocenters. The van der Waals surface area contributed by atoms with Gasteiger partial charge in [-0.2, -0.15) is 0 Å². The third-order valence-electron chi connectivity index (χ3n) is 3.68. The van der Waals surface area contributed by atoms with Crippen LogP contribution in [0.4, 0.5) is 5.69 Å². The summed E-state index contributed by atoms with van der Waals surface area (Å²) in [5.74, 6) is 0. The quantitative estimate of drug-likeness (QED) is 0.769. The standard InChI is InChI=1S/C19H19N3O/c1-22(2)16-10-8-15(9-11-16)12-17-18(20-21-19(17)23)13-14-6-4-3-5-7-14/h3-13,20H,1-2H3,(H,21,23). The van der Waals surface area contributed by atoms with Crippen LogP contribution in [-0.2, 0) is 0 Å². The predicted molar refractivity (Wildman–Crippen MR) is 95.0 cm³/mol. The number of benzene rings is 2. The van der Waals surface area contributed by atoms with Gasteiger partial charge >= 0.3 is 0 Å². The molecular weight excluding hydrogens is 286 g/mol. The first-order valence-electron chi connectivity index (χ1n) is 7.46. The van der Waals surface area contributed by atoms with Gasteiger partial charge < -0.3 is 4.90 Å². The van der Waals surface area contributed by atoms with Crippen molar-refractivity contribution in [3.05, 3.63) is 86.6 Å². The van der Waals surface area contributed by atoms with Crippen LogP contribution >= 0.6 is 0 Å². The maximum absolute atomic E-state index is 12.1. The summed E-state index contributed by atoms with van der Waals surface area (Å²) in [4.78, 5) is 14.1. The number of aromatic amines is 2. The second kappa shape index (κ2) is 6.40. The predicted octanol–water partition coefficient (Wildman–Crippen LogP) is 1.43. The molecule has 4 heteroatoms. The van der Waals surface area contributed by atoms with E-state index in [0.717, 1.165) is 22.2 Å². The Labute approximate surface area is 134 Å². The van der Waals surface area contributed by atoms with Crippen molar-refractivity contribution in [2.75, 3.05) is 19.0 Å². The molecule has 0 fully saturated rings. The van der Waals surface area contributed by atoms with Crippen molar-refractivity contribution in [3.63, 3.8) is 0 Å². The fraction of sp³-hybridized carbons (Fsp3) is 0.105. The molecule has 2 N–H and O–H groups in total. The lowest BCUT2D eigenvalue weighted by Crippen LogP contribution is -2.33. The van der Waals surface area contributed by atoms with Gasteiger partial charge in [-0.3, -0.25) is 15.0 Å². The van der Waals surface area contributed by atoms with Gasteiger partial charge in [0.05, 0.1) is 10.6 Å². The molecule has 0 aliphatic carbocycles. The molecule has 1 aromatic heterocycles. The molecule has 3 rings (SSSR count). The largest absolute Gasteiger partial charge is 0.378 e. The monoisotopic (exact) mass is 305 g/mol. The van der Waals surface area contributed by atoms with Crippen molar-refractivity contribution in [3.8, 4) is 0 Å². The highest BCUT2D eigenvalue weighted by Crippen LogP contribution is 2.12.